The standard InChI is InChI=1S/C23H17BrClN3O3/c1-13-11-15(14(2)27(13)18-7-3-16(24)4-8-18)12-20-21(29)26-23(31)28(22(20)30)19-9-5-17(25)6-10-19/h3-12H,1-2H3,(H,26,29,31)/b20-12-. The van der Waals surface area contributed by atoms with Gasteiger partial charge in [-0.15, -0.1) is 0 Å². The molecule has 1 saturated heterocycles. The van der Waals surface area contributed by atoms with Crippen LogP contribution in [0.15, 0.2) is 64.6 Å². The summed E-state index contributed by atoms with van der Waals surface area (Å²) in [6.45, 7) is 3.86. The molecular formula is C23H17BrClN3O3. The second-order valence-electron chi connectivity index (χ2n) is 7.07. The van der Waals surface area contributed by atoms with Crippen molar-refractivity contribution in [2.45, 2.75) is 13.8 Å². The molecular weight excluding hydrogens is 482 g/mol. The lowest BCUT2D eigenvalue weighted by Crippen LogP contribution is -2.54. The fraction of sp³-hybridized carbons (Fsp3) is 0.0870. The summed E-state index contributed by atoms with van der Waals surface area (Å²) >= 11 is 9.33. The van der Waals surface area contributed by atoms with E-state index in [1.165, 1.54) is 6.08 Å². The summed E-state index contributed by atoms with van der Waals surface area (Å²) < 4.78 is 3.00. The Morgan fingerprint density at radius 1 is 0.935 bits per heavy atom. The van der Waals surface area contributed by atoms with Gasteiger partial charge in [0.2, 0.25) is 0 Å². The molecule has 2 aromatic carbocycles. The largest absolute Gasteiger partial charge is 0.335 e. The van der Waals surface area contributed by atoms with Crippen molar-refractivity contribution in [3.8, 4) is 5.69 Å². The monoisotopic (exact) mass is 497 g/mol. The number of amides is 4. The summed E-state index contributed by atoms with van der Waals surface area (Å²) in [5.41, 5.74) is 3.68. The molecule has 1 aliphatic rings. The number of nitrogens with zero attached hydrogens (tertiary/aromatic N) is 2. The predicted octanol–water partition coefficient (Wildman–Crippen LogP) is 5.18. The molecule has 2 heterocycles. The number of hydrogen-bond donors (Lipinski definition) is 1. The topological polar surface area (TPSA) is 71.4 Å². The number of rotatable bonds is 3. The van der Waals surface area contributed by atoms with Gasteiger partial charge in [0.05, 0.1) is 5.69 Å². The third-order valence-electron chi connectivity index (χ3n) is 5.04. The molecule has 4 amide bonds. The Labute approximate surface area is 192 Å². The second-order valence-corrected chi connectivity index (χ2v) is 8.42. The third-order valence-corrected chi connectivity index (χ3v) is 5.82. The summed E-state index contributed by atoms with van der Waals surface area (Å²) in [4.78, 5) is 38.8. The summed E-state index contributed by atoms with van der Waals surface area (Å²) in [7, 11) is 0. The van der Waals surface area contributed by atoms with E-state index in [9.17, 15) is 14.4 Å². The number of aromatic nitrogens is 1. The molecule has 156 valence electrons. The number of halogens is 2. The number of barbiturate groups is 1. The highest BCUT2D eigenvalue weighted by molar-refractivity contribution is 9.10. The fourth-order valence-electron chi connectivity index (χ4n) is 3.56. The van der Waals surface area contributed by atoms with Crippen molar-refractivity contribution in [2.24, 2.45) is 0 Å². The maximum Gasteiger partial charge on any atom is 0.335 e. The molecule has 8 heteroatoms. The Morgan fingerprint density at radius 3 is 2.19 bits per heavy atom. The predicted molar refractivity (Wildman–Crippen MR) is 123 cm³/mol. The lowest BCUT2D eigenvalue weighted by atomic mass is 10.1. The maximum atomic E-state index is 13.1. The van der Waals surface area contributed by atoms with Gasteiger partial charge in [-0.1, -0.05) is 27.5 Å². The van der Waals surface area contributed by atoms with Crippen molar-refractivity contribution in [3.05, 3.63) is 86.6 Å². The van der Waals surface area contributed by atoms with Crippen LogP contribution >= 0.6 is 27.5 Å². The van der Waals surface area contributed by atoms with Gasteiger partial charge in [0.1, 0.15) is 5.57 Å². The average Bonchev–Trinajstić information content (AvgIpc) is 3.00. The minimum absolute atomic E-state index is 0.120. The van der Waals surface area contributed by atoms with E-state index in [2.05, 4.69) is 21.2 Å². The van der Waals surface area contributed by atoms with Crippen LogP contribution < -0.4 is 10.2 Å². The molecule has 0 saturated carbocycles. The Morgan fingerprint density at radius 2 is 1.55 bits per heavy atom. The number of aryl methyl sites for hydroxylation is 1. The Kier molecular flexibility index (Phi) is 5.56. The van der Waals surface area contributed by atoms with E-state index < -0.39 is 17.8 Å². The van der Waals surface area contributed by atoms with Gasteiger partial charge in [-0.2, -0.15) is 0 Å². The van der Waals surface area contributed by atoms with Gasteiger partial charge in [0.25, 0.3) is 11.8 Å². The lowest BCUT2D eigenvalue weighted by molar-refractivity contribution is -0.122. The van der Waals surface area contributed by atoms with Crippen molar-refractivity contribution < 1.29 is 14.4 Å². The van der Waals surface area contributed by atoms with Gasteiger partial charge >= 0.3 is 6.03 Å². The molecule has 0 aliphatic carbocycles. The Bertz CT molecular complexity index is 1240. The van der Waals surface area contributed by atoms with Gasteiger partial charge in [-0.05, 0) is 80.1 Å². The number of imide groups is 2. The summed E-state index contributed by atoms with van der Waals surface area (Å²) in [5.74, 6) is -1.42. The zero-order chi connectivity index (χ0) is 22.3. The SMILES string of the molecule is Cc1cc(/C=C2/C(=O)NC(=O)N(c3ccc(Cl)cc3)C2=O)c(C)n1-c1ccc(Br)cc1. The molecule has 1 fully saturated rings. The highest BCUT2D eigenvalue weighted by Crippen LogP contribution is 2.27. The summed E-state index contributed by atoms with van der Waals surface area (Å²) in [6.07, 6.45) is 1.52. The van der Waals surface area contributed by atoms with Crippen LogP contribution in [-0.4, -0.2) is 22.4 Å². The molecule has 1 aliphatic heterocycles. The van der Waals surface area contributed by atoms with E-state index in [0.29, 0.717) is 16.3 Å². The number of urea groups is 1. The van der Waals surface area contributed by atoms with Gasteiger partial charge < -0.3 is 4.57 Å². The van der Waals surface area contributed by atoms with Crippen molar-refractivity contribution >= 4 is 57.1 Å². The Balaban J connectivity index is 1.75. The molecule has 1 aromatic heterocycles. The van der Waals surface area contributed by atoms with Crippen LogP contribution in [0.3, 0.4) is 0 Å². The van der Waals surface area contributed by atoms with Crippen LogP contribution in [0.25, 0.3) is 11.8 Å². The van der Waals surface area contributed by atoms with Gasteiger partial charge in [-0.25, -0.2) is 9.69 Å². The molecule has 4 rings (SSSR count). The van der Waals surface area contributed by atoms with Crippen LogP contribution in [0.2, 0.25) is 5.02 Å². The number of anilines is 1. The second kappa shape index (κ2) is 8.17. The number of nitrogens with one attached hydrogen (secondary N) is 1. The molecule has 0 atom stereocenters. The van der Waals surface area contributed by atoms with Gasteiger partial charge in [-0.3, -0.25) is 14.9 Å². The van der Waals surface area contributed by atoms with Crippen molar-refractivity contribution in [1.82, 2.24) is 9.88 Å². The zero-order valence-corrected chi connectivity index (χ0v) is 19.0. The molecule has 6 nitrogen and oxygen atoms in total. The van der Waals surface area contributed by atoms with Crippen molar-refractivity contribution in [1.29, 1.82) is 0 Å². The van der Waals surface area contributed by atoms with Gasteiger partial charge in [0.15, 0.2) is 0 Å². The van der Waals surface area contributed by atoms with Crippen LogP contribution in [0.1, 0.15) is 17.0 Å². The first-order valence-corrected chi connectivity index (χ1v) is 10.6. The maximum absolute atomic E-state index is 13.1. The molecule has 0 radical (unpaired) electrons. The van der Waals surface area contributed by atoms with E-state index >= 15 is 0 Å². The number of benzene rings is 2. The molecule has 1 N–H and O–H groups in total. The van der Waals surface area contributed by atoms with E-state index in [-0.39, 0.29) is 5.57 Å². The highest BCUT2D eigenvalue weighted by Gasteiger charge is 2.37. The lowest BCUT2D eigenvalue weighted by Gasteiger charge is -2.26. The molecule has 3 aromatic rings. The molecule has 0 spiro atoms. The first-order chi connectivity index (χ1) is 14.8. The smallest absolute Gasteiger partial charge is 0.318 e. The quantitative estimate of drug-likeness (QED) is 0.400. The number of carbonyl (C=O) groups is 3. The molecule has 0 bridgehead atoms. The minimum atomic E-state index is -0.796. The number of hydrogen-bond acceptors (Lipinski definition) is 3. The van der Waals surface area contributed by atoms with E-state index in [1.807, 2.05) is 48.7 Å². The first-order valence-electron chi connectivity index (χ1n) is 9.38. The fourth-order valence-corrected chi connectivity index (χ4v) is 3.95. The first kappa shape index (κ1) is 21.1. The summed E-state index contributed by atoms with van der Waals surface area (Å²) in [6, 6.07) is 15.2. The normalized spacial score (nSPS) is 15.5. The third kappa shape index (κ3) is 3.94. The molecule has 31 heavy (non-hydrogen) atoms. The van der Waals surface area contributed by atoms with Crippen LogP contribution in [0.5, 0.6) is 0 Å². The van der Waals surface area contributed by atoms with Crippen LogP contribution in [0, 0.1) is 13.8 Å². The average molecular weight is 499 g/mol. The highest BCUT2D eigenvalue weighted by atomic mass is 79.9. The minimum Gasteiger partial charge on any atom is -0.318 e. The number of carbonyl (C=O) groups excluding carboxylic acids is 3. The van der Waals surface area contributed by atoms with Crippen molar-refractivity contribution in [3.63, 3.8) is 0 Å². The van der Waals surface area contributed by atoms with E-state index in [4.69, 9.17) is 11.6 Å². The van der Waals surface area contributed by atoms with E-state index in [1.54, 1.807) is 24.3 Å². The Hall–Kier alpha value is -3.16. The van der Waals surface area contributed by atoms with Gasteiger partial charge in [0, 0.05) is 26.6 Å². The van der Waals surface area contributed by atoms with E-state index in [0.717, 1.165) is 26.4 Å². The van der Waals surface area contributed by atoms with Crippen LogP contribution in [0.4, 0.5) is 10.5 Å². The molecule has 0 unspecified atom stereocenters. The zero-order valence-electron chi connectivity index (χ0n) is 16.6. The summed E-state index contributed by atoms with van der Waals surface area (Å²) in [5, 5.41) is 2.71. The van der Waals surface area contributed by atoms with Crippen molar-refractivity contribution in [2.75, 3.05) is 4.90 Å². The van der Waals surface area contributed by atoms with Crippen LogP contribution in [-0.2, 0) is 9.59 Å².